The summed E-state index contributed by atoms with van der Waals surface area (Å²) in [6.07, 6.45) is 2.75. The molecule has 4 rings (SSSR count). The molecule has 0 saturated carbocycles. The van der Waals surface area contributed by atoms with Gasteiger partial charge >= 0.3 is 0 Å². The number of carbonyl (C=O) groups is 1. The molecule has 7 nitrogen and oxygen atoms in total. The Morgan fingerprint density at radius 3 is 2.51 bits per heavy atom. The highest BCUT2D eigenvalue weighted by atomic mass is 32.2. The third kappa shape index (κ3) is 5.88. The highest BCUT2D eigenvalue weighted by Crippen LogP contribution is 2.41. The Morgan fingerprint density at radius 2 is 1.86 bits per heavy atom. The predicted octanol–water partition coefficient (Wildman–Crippen LogP) is 3.40. The monoisotopic (exact) mass is 499 g/mol. The van der Waals surface area contributed by atoms with Crippen molar-refractivity contribution in [3.05, 3.63) is 65.2 Å². The van der Waals surface area contributed by atoms with Crippen molar-refractivity contribution in [1.29, 1.82) is 0 Å². The van der Waals surface area contributed by atoms with Gasteiger partial charge in [0.1, 0.15) is 11.0 Å². The number of hydrogen-bond acceptors (Lipinski definition) is 5. The van der Waals surface area contributed by atoms with Crippen LogP contribution < -0.4 is 14.8 Å². The summed E-state index contributed by atoms with van der Waals surface area (Å²) in [6.45, 7) is 6.07. The first-order chi connectivity index (χ1) is 16.8. The second kappa shape index (κ2) is 11.1. The van der Waals surface area contributed by atoms with Gasteiger partial charge in [-0.15, -0.1) is 0 Å². The van der Waals surface area contributed by atoms with Gasteiger partial charge in [0.15, 0.2) is 0 Å². The molecule has 1 amide bonds. The van der Waals surface area contributed by atoms with E-state index in [0.717, 1.165) is 48.1 Å². The van der Waals surface area contributed by atoms with Crippen LogP contribution in [0.15, 0.2) is 48.5 Å². The van der Waals surface area contributed by atoms with Gasteiger partial charge in [0.05, 0.1) is 13.3 Å². The smallest absolute Gasteiger partial charge is 0.223 e. The molecule has 0 bridgehead atoms. The summed E-state index contributed by atoms with van der Waals surface area (Å²) in [7, 11) is -1.82. The van der Waals surface area contributed by atoms with Crippen LogP contribution in [0.25, 0.3) is 0 Å². The van der Waals surface area contributed by atoms with E-state index in [2.05, 4.69) is 21.9 Å². The Bertz CT molecular complexity index is 1110. The number of amides is 1. The Labute approximate surface area is 209 Å². The average molecular weight is 500 g/mol. The van der Waals surface area contributed by atoms with E-state index >= 15 is 0 Å². The maximum Gasteiger partial charge on any atom is 0.223 e. The summed E-state index contributed by atoms with van der Waals surface area (Å²) in [5, 5.41) is 2.53. The van der Waals surface area contributed by atoms with Crippen molar-refractivity contribution < 1.29 is 17.9 Å². The lowest BCUT2D eigenvalue weighted by molar-refractivity contribution is -0.126. The van der Waals surface area contributed by atoms with E-state index in [1.807, 2.05) is 55.5 Å². The standard InChI is InChI=1S/C27H37N3O4S/c1-4-24-25(21-10-8-19(2)9-11-21)35(32,33)29-26(24)30-16-13-22(14-17-30)27(31)28-15-12-20-6-5-7-23(18-20)34-3/h5-11,18,22,24-26,29H,4,12-17H2,1-3H3,(H,28,31). The highest BCUT2D eigenvalue weighted by molar-refractivity contribution is 7.90. The molecule has 0 spiro atoms. The van der Waals surface area contributed by atoms with Gasteiger partial charge < -0.3 is 10.1 Å². The predicted molar refractivity (Wildman–Crippen MR) is 138 cm³/mol. The molecule has 2 aliphatic rings. The van der Waals surface area contributed by atoms with Crippen LogP contribution in [0.3, 0.4) is 0 Å². The first kappa shape index (κ1) is 25.7. The second-order valence-corrected chi connectivity index (χ2v) is 11.5. The Balaban J connectivity index is 1.32. The van der Waals surface area contributed by atoms with Crippen molar-refractivity contribution in [1.82, 2.24) is 14.9 Å². The SMILES string of the molecule is CCC1C(N2CCC(C(=O)NCCc3cccc(OC)c3)CC2)NS(=O)(=O)C1c1ccc(C)cc1. The number of ether oxygens (including phenoxy) is 1. The third-order valence-electron chi connectivity index (χ3n) is 7.43. The topological polar surface area (TPSA) is 87.7 Å². The number of likely N-dealkylation sites (tertiary alicyclic amines) is 1. The Hall–Kier alpha value is -2.42. The van der Waals surface area contributed by atoms with Crippen LogP contribution in [-0.2, 0) is 21.2 Å². The maximum atomic E-state index is 13.1. The summed E-state index contributed by atoms with van der Waals surface area (Å²) in [5.74, 6) is 0.835. The van der Waals surface area contributed by atoms with Gasteiger partial charge in [-0.2, -0.15) is 4.72 Å². The van der Waals surface area contributed by atoms with E-state index in [-0.39, 0.29) is 23.9 Å². The number of sulfonamides is 1. The summed E-state index contributed by atoms with van der Waals surface area (Å²) >= 11 is 0. The van der Waals surface area contributed by atoms with Gasteiger partial charge in [0.25, 0.3) is 0 Å². The lowest BCUT2D eigenvalue weighted by atomic mass is 9.90. The normalized spacial score (nSPS) is 24.8. The number of methoxy groups -OCH3 is 1. The van der Waals surface area contributed by atoms with Gasteiger partial charge in [-0.25, -0.2) is 8.42 Å². The molecule has 0 aromatic heterocycles. The van der Waals surface area contributed by atoms with Crippen LogP contribution in [0.1, 0.15) is 48.1 Å². The molecular weight excluding hydrogens is 462 g/mol. The van der Waals surface area contributed by atoms with Crippen molar-refractivity contribution in [2.24, 2.45) is 11.8 Å². The first-order valence-corrected chi connectivity index (χ1v) is 14.1. The van der Waals surface area contributed by atoms with E-state index in [1.54, 1.807) is 7.11 Å². The van der Waals surface area contributed by atoms with E-state index in [9.17, 15) is 13.2 Å². The molecule has 3 unspecified atom stereocenters. The lowest BCUT2D eigenvalue weighted by Crippen LogP contribution is -2.51. The van der Waals surface area contributed by atoms with Crippen LogP contribution in [-0.4, -0.2) is 52.1 Å². The minimum absolute atomic E-state index is 0.0315. The minimum atomic E-state index is -3.47. The van der Waals surface area contributed by atoms with Gasteiger partial charge in [0.2, 0.25) is 15.9 Å². The summed E-state index contributed by atoms with van der Waals surface area (Å²) in [4.78, 5) is 15.0. The molecule has 0 radical (unpaired) electrons. The molecule has 2 N–H and O–H groups in total. The fraction of sp³-hybridized carbons (Fsp3) is 0.519. The third-order valence-corrected chi connectivity index (χ3v) is 9.29. The van der Waals surface area contributed by atoms with Gasteiger partial charge in [-0.3, -0.25) is 9.69 Å². The molecule has 2 fully saturated rings. The van der Waals surface area contributed by atoms with Crippen LogP contribution in [0, 0.1) is 18.8 Å². The van der Waals surface area contributed by atoms with Crippen molar-refractivity contribution >= 4 is 15.9 Å². The number of piperidine rings is 1. The van der Waals surface area contributed by atoms with Gasteiger partial charge in [-0.05, 0) is 55.9 Å². The molecule has 2 saturated heterocycles. The zero-order valence-corrected chi connectivity index (χ0v) is 21.7. The van der Waals surface area contributed by atoms with Crippen molar-refractivity contribution in [3.63, 3.8) is 0 Å². The van der Waals surface area contributed by atoms with E-state index in [0.29, 0.717) is 19.6 Å². The van der Waals surface area contributed by atoms with Gasteiger partial charge in [0, 0.05) is 31.5 Å². The van der Waals surface area contributed by atoms with Crippen LogP contribution in [0.2, 0.25) is 0 Å². The second-order valence-electron chi connectivity index (χ2n) is 9.71. The molecule has 2 aromatic rings. The highest BCUT2D eigenvalue weighted by Gasteiger charge is 2.49. The number of nitrogens with one attached hydrogen (secondary N) is 2. The Kier molecular flexibility index (Phi) is 8.14. The summed E-state index contributed by atoms with van der Waals surface area (Å²) in [5.41, 5.74) is 3.09. The van der Waals surface area contributed by atoms with Gasteiger partial charge in [-0.1, -0.05) is 48.9 Å². The van der Waals surface area contributed by atoms with Crippen LogP contribution in [0.5, 0.6) is 5.75 Å². The van der Waals surface area contributed by atoms with Crippen molar-refractivity contribution in [3.8, 4) is 5.75 Å². The Morgan fingerprint density at radius 1 is 1.14 bits per heavy atom. The number of aryl methyl sites for hydroxylation is 1. The fourth-order valence-corrected chi connectivity index (χ4v) is 7.56. The molecule has 0 aliphatic carbocycles. The molecule has 190 valence electrons. The summed E-state index contributed by atoms with van der Waals surface area (Å²) in [6, 6.07) is 15.7. The number of hydrogen-bond donors (Lipinski definition) is 2. The molecular formula is C27H37N3O4S. The molecule has 2 aromatic carbocycles. The number of nitrogens with zero attached hydrogens (tertiary/aromatic N) is 1. The van der Waals surface area contributed by atoms with Crippen molar-refractivity contribution in [2.75, 3.05) is 26.7 Å². The summed E-state index contributed by atoms with van der Waals surface area (Å²) < 4.78 is 34.4. The van der Waals surface area contributed by atoms with E-state index in [4.69, 9.17) is 4.74 Å². The molecule has 2 heterocycles. The van der Waals surface area contributed by atoms with E-state index < -0.39 is 15.3 Å². The lowest BCUT2D eigenvalue weighted by Gasteiger charge is -2.37. The van der Waals surface area contributed by atoms with Crippen LogP contribution in [0.4, 0.5) is 0 Å². The fourth-order valence-electron chi connectivity index (χ4n) is 5.43. The number of benzene rings is 2. The zero-order valence-electron chi connectivity index (χ0n) is 20.9. The molecule has 3 atom stereocenters. The quantitative estimate of drug-likeness (QED) is 0.581. The number of carbonyl (C=O) groups excluding carboxylic acids is 1. The molecule has 8 heteroatoms. The van der Waals surface area contributed by atoms with Crippen LogP contribution >= 0.6 is 0 Å². The zero-order chi connectivity index (χ0) is 25.0. The molecule has 2 aliphatic heterocycles. The minimum Gasteiger partial charge on any atom is -0.497 e. The molecule has 35 heavy (non-hydrogen) atoms. The maximum absolute atomic E-state index is 13.1. The average Bonchev–Trinajstić information content (AvgIpc) is 3.15. The largest absolute Gasteiger partial charge is 0.497 e. The van der Waals surface area contributed by atoms with E-state index in [1.165, 1.54) is 0 Å². The first-order valence-electron chi connectivity index (χ1n) is 12.5. The number of rotatable bonds is 8. The van der Waals surface area contributed by atoms with Crippen molar-refractivity contribution in [2.45, 2.75) is 50.9 Å².